The Kier molecular flexibility index (Phi) is 5.82. The topological polar surface area (TPSA) is 76.2 Å². The third kappa shape index (κ3) is 4.13. The van der Waals surface area contributed by atoms with Crippen molar-refractivity contribution in [1.29, 1.82) is 0 Å². The van der Waals surface area contributed by atoms with Gasteiger partial charge in [-0.3, -0.25) is 4.79 Å². The molecule has 4 rings (SSSR count). The summed E-state index contributed by atoms with van der Waals surface area (Å²) in [6.45, 7) is 1.80. The van der Waals surface area contributed by atoms with E-state index >= 15 is 0 Å². The minimum absolute atomic E-state index is 0.0498. The maximum Gasteiger partial charge on any atom is 0.243 e. The Hall–Kier alpha value is -2.07. The van der Waals surface area contributed by atoms with Crippen LogP contribution in [0, 0.1) is 0 Å². The second-order valence-electron chi connectivity index (χ2n) is 6.77. The number of morpholine rings is 1. The second-order valence-corrected chi connectivity index (χ2v) is 9.72. The fourth-order valence-electron chi connectivity index (χ4n) is 3.41. The highest BCUT2D eigenvalue weighted by Gasteiger charge is 2.30. The molecule has 0 spiro atoms. The van der Waals surface area contributed by atoms with Crippen LogP contribution in [0.1, 0.15) is 5.56 Å². The summed E-state index contributed by atoms with van der Waals surface area (Å²) in [6.07, 6.45) is 0. The zero-order chi connectivity index (χ0) is 20.4. The molecule has 2 aliphatic heterocycles. The fourth-order valence-corrected chi connectivity index (χ4v) is 5.75. The van der Waals surface area contributed by atoms with Crippen molar-refractivity contribution in [3.05, 3.63) is 48.0 Å². The van der Waals surface area contributed by atoms with Gasteiger partial charge in [-0.05, 0) is 35.9 Å². The molecular weight excluding hydrogens is 412 g/mol. The predicted molar refractivity (Wildman–Crippen MR) is 111 cm³/mol. The smallest absolute Gasteiger partial charge is 0.243 e. The van der Waals surface area contributed by atoms with Crippen molar-refractivity contribution in [3.63, 3.8) is 0 Å². The van der Waals surface area contributed by atoms with Gasteiger partial charge in [-0.1, -0.05) is 12.1 Å². The van der Waals surface area contributed by atoms with Crippen LogP contribution >= 0.6 is 11.8 Å². The van der Waals surface area contributed by atoms with Crippen LogP contribution in [0.5, 0.6) is 5.75 Å². The van der Waals surface area contributed by atoms with Crippen LogP contribution in [-0.4, -0.2) is 57.8 Å². The third-order valence-electron chi connectivity index (χ3n) is 4.96. The lowest BCUT2D eigenvalue weighted by atomic mass is 10.1. The van der Waals surface area contributed by atoms with Crippen molar-refractivity contribution >= 4 is 33.4 Å². The van der Waals surface area contributed by atoms with Crippen LogP contribution in [0.25, 0.3) is 0 Å². The number of nitrogens with zero attached hydrogens (tertiary/aromatic N) is 2. The normalized spacial score (nSPS) is 17.8. The highest BCUT2D eigenvalue weighted by Crippen LogP contribution is 2.38. The molecule has 0 aliphatic carbocycles. The van der Waals surface area contributed by atoms with Gasteiger partial charge >= 0.3 is 0 Å². The van der Waals surface area contributed by atoms with Crippen molar-refractivity contribution in [2.75, 3.05) is 44.1 Å². The number of thioether (sulfide) groups is 1. The molecule has 1 fully saturated rings. The minimum Gasteiger partial charge on any atom is -0.497 e. The van der Waals surface area contributed by atoms with Crippen LogP contribution in [0.15, 0.2) is 52.3 Å². The number of fused-ring (bicyclic) bond motifs is 1. The summed E-state index contributed by atoms with van der Waals surface area (Å²) in [4.78, 5) is 15.4. The average molecular weight is 435 g/mol. The van der Waals surface area contributed by atoms with E-state index in [0.29, 0.717) is 50.0 Å². The zero-order valence-corrected chi connectivity index (χ0v) is 17.7. The van der Waals surface area contributed by atoms with Gasteiger partial charge in [0, 0.05) is 18.0 Å². The Morgan fingerprint density at radius 2 is 1.93 bits per heavy atom. The first kappa shape index (κ1) is 20.2. The molecule has 2 aromatic rings. The SMILES string of the molecule is COc1cccc(CN2C(=O)CSc3ccc(S(=O)(=O)N4CCOCC4)cc32)c1. The van der Waals surface area contributed by atoms with Crippen molar-refractivity contribution in [3.8, 4) is 5.75 Å². The molecule has 1 saturated heterocycles. The maximum absolute atomic E-state index is 13.0. The van der Waals surface area contributed by atoms with E-state index in [1.54, 1.807) is 30.2 Å². The van der Waals surface area contributed by atoms with Crippen molar-refractivity contribution in [2.45, 2.75) is 16.3 Å². The number of hydrogen-bond donors (Lipinski definition) is 0. The van der Waals surface area contributed by atoms with Gasteiger partial charge in [-0.25, -0.2) is 8.42 Å². The van der Waals surface area contributed by atoms with Gasteiger partial charge < -0.3 is 14.4 Å². The fraction of sp³-hybridized carbons (Fsp3) is 0.350. The van der Waals surface area contributed by atoms with Gasteiger partial charge in [0.05, 0.1) is 43.2 Å². The maximum atomic E-state index is 13.0. The van der Waals surface area contributed by atoms with E-state index in [-0.39, 0.29) is 10.8 Å². The molecule has 0 N–H and O–H groups in total. The van der Waals surface area contributed by atoms with E-state index in [2.05, 4.69) is 0 Å². The van der Waals surface area contributed by atoms with Crippen LogP contribution in [0.2, 0.25) is 0 Å². The Morgan fingerprint density at radius 1 is 1.14 bits per heavy atom. The van der Waals surface area contributed by atoms with Gasteiger partial charge in [0.15, 0.2) is 0 Å². The molecule has 9 heteroatoms. The highest BCUT2D eigenvalue weighted by molar-refractivity contribution is 8.00. The quantitative estimate of drug-likeness (QED) is 0.719. The molecule has 2 aromatic carbocycles. The Balaban J connectivity index is 1.68. The summed E-state index contributed by atoms with van der Waals surface area (Å²) in [5, 5.41) is 0. The van der Waals surface area contributed by atoms with E-state index < -0.39 is 10.0 Å². The van der Waals surface area contributed by atoms with E-state index in [1.807, 2.05) is 24.3 Å². The zero-order valence-electron chi connectivity index (χ0n) is 16.0. The molecular formula is C20H22N2O5S2. The molecule has 1 amide bonds. The van der Waals surface area contributed by atoms with E-state index in [9.17, 15) is 13.2 Å². The number of anilines is 1. The number of hydrogen-bond acceptors (Lipinski definition) is 6. The number of carbonyl (C=O) groups excluding carboxylic acids is 1. The number of carbonyl (C=O) groups is 1. The summed E-state index contributed by atoms with van der Waals surface area (Å²) in [5.41, 5.74) is 1.54. The molecule has 0 aromatic heterocycles. The number of methoxy groups -OCH3 is 1. The first-order valence-corrected chi connectivity index (χ1v) is 11.7. The molecule has 0 saturated carbocycles. The third-order valence-corrected chi connectivity index (χ3v) is 7.90. The molecule has 2 heterocycles. The summed E-state index contributed by atoms with van der Waals surface area (Å²) < 4.78 is 38.1. The van der Waals surface area contributed by atoms with Crippen LogP contribution in [0.3, 0.4) is 0 Å². The number of ether oxygens (including phenoxy) is 2. The molecule has 2 aliphatic rings. The number of rotatable bonds is 5. The van der Waals surface area contributed by atoms with E-state index in [4.69, 9.17) is 9.47 Å². The van der Waals surface area contributed by atoms with E-state index in [1.165, 1.54) is 16.1 Å². The second kappa shape index (κ2) is 8.35. The minimum atomic E-state index is -3.63. The predicted octanol–water partition coefficient (Wildman–Crippen LogP) is 2.36. The Bertz CT molecular complexity index is 1020. The van der Waals surface area contributed by atoms with Gasteiger partial charge in [0.2, 0.25) is 15.9 Å². The molecule has 154 valence electrons. The van der Waals surface area contributed by atoms with Crippen molar-refractivity contribution in [2.24, 2.45) is 0 Å². The van der Waals surface area contributed by atoms with E-state index in [0.717, 1.165) is 10.5 Å². The molecule has 0 bridgehead atoms. The average Bonchev–Trinajstić information content (AvgIpc) is 2.76. The number of amides is 1. The van der Waals surface area contributed by atoms with Gasteiger partial charge in [0.25, 0.3) is 0 Å². The van der Waals surface area contributed by atoms with Crippen molar-refractivity contribution < 1.29 is 22.7 Å². The standard InChI is InChI=1S/C20H22N2O5S2/c1-26-16-4-2-3-15(11-16)13-22-18-12-17(5-6-19(18)28-14-20(22)23)29(24,25)21-7-9-27-10-8-21/h2-6,11-12H,7-10,13-14H2,1H3. The molecule has 0 atom stereocenters. The Labute approximate surface area is 174 Å². The monoisotopic (exact) mass is 434 g/mol. The van der Waals surface area contributed by atoms with Crippen LogP contribution < -0.4 is 9.64 Å². The summed E-state index contributed by atoms with van der Waals surface area (Å²) in [6, 6.07) is 12.5. The van der Waals surface area contributed by atoms with Crippen LogP contribution in [-0.2, 0) is 26.1 Å². The lowest BCUT2D eigenvalue weighted by Crippen LogP contribution is -2.41. The van der Waals surface area contributed by atoms with Gasteiger partial charge in [-0.15, -0.1) is 11.8 Å². The molecule has 0 unspecified atom stereocenters. The molecule has 29 heavy (non-hydrogen) atoms. The summed E-state index contributed by atoms with van der Waals surface area (Å²) in [7, 11) is -2.04. The lowest BCUT2D eigenvalue weighted by Gasteiger charge is -2.31. The summed E-state index contributed by atoms with van der Waals surface area (Å²) in [5.74, 6) is 0.989. The van der Waals surface area contributed by atoms with Crippen molar-refractivity contribution in [1.82, 2.24) is 4.31 Å². The largest absolute Gasteiger partial charge is 0.497 e. The molecule has 7 nitrogen and oxygen atoms in total. The van der Waals surface area contributed by atoms with Crippen LogP contribution in [0.4, 0.5) is 5.69 Å². The molecule has 0 radical (unpaired) electrons. The van der Waals surface area contributed by atoms with Gasteiger partial charge in [-0.2, -0.15) is 4.31 Å². The Morgan fingerprint density at radius 3 is 2.69 bits per heavy atom. The van der Waals surface area contributed by atoms with Gasteiger partial charge in [0.1, 0.15) is 5.75 Å². The number of sulfonamides is 1. The highest BCUT2D eigenvalue weighted by atomic mass is 32.2. The first-order chi connectivity index (χ1) is 14.0. The first-order valence-electron chi connectivity index (χ1n) is 9.27. The lowest BCUT2D eigenvalue weighted by molar-refractivity contribution is -0.116. The summed E-state index contributed by atoms with van der Waals surface area (Å²) >= 11 is 1.43. The number of benzene rings is 2.